The molecule has 0 spiro atoms. The molecule has 0 atom stereocenters. The summed E-state index contributed by atoms with van der Waals surface area (Å²) in [6.07, 6.45) is 0. The van der Waals surface area contributed by atoms with Crippen LogP contribution < -0.4 is 16.5 Å². The van der Waals surface area contributed by atoms with Gasteiger partial charge in [-0.1, -0.05) is 30.3 Å². The molecule has 0 radical (unpaired) electrons. The molecule has 7 nitrogen and oxygen atoms in total. The van der Waals surface area contributed by atoms with Crippen LogP contribution in [0.2, 0.25) is 0 Å². The third kappa shape index (κ3) is 3.58. The maximum atomic E-state index is 12.8. The molecule has 4 aromatic rings. The van der Waals surface area contributed by atoms with E-state index in [0.29, 0.717) is 39.3 Å². The molecular formula is C22H17N3O4. The predicted molar refractivity (Wildman–Crippen MR) is 110 cm³/mol. The van der Waals surface area contributed by atoms with E-state index in [1.807, 2.05) is 6.07 Å². The van der Waals surface area contributed by atoms with Crippen LogP contribution in [-0.4, -0.2) is 15.9 Å². The Balaban J connectivity index is 1.70. The molecule has 4 rings (SSSR count). The number of hydrogen-bond acceptors (Lipinski definition) is 5. The number of rotatable bonds is 3. The number of fused-ring (bicyclic) bond motifs is 1. The third-order valence-corrected chi connectivity index (χ3v) is 4.56. The topological polar surface area (TPSA) is 105 Å². The standard InChI is InChI=1S/C22H17N3O4/c1-12-10-18(26)25-20(23-12)14-6-5-7-15(11-14)24-21(27)19-13(2)16-8-3-4-9-17(16)29-22(19)28/h3-11H,1-2H3,(H,24,27)(H,23,25,26). The number of amides is 1. The first-order valence-electron chi connectivity index (χ1n) is 8.94. The first-order valence-corrected chi connectivity index (χ1v) is 8.94. The fraction of sp³-hybridized carbons (Fsp3) is 0.0909. The maximum Gasteiger partial charge on any atom is 0.349 e. The van der Waals surface area contributed by atoms with E-state index in [1.165, 1.54) is 6.07 Å². The van der Waals surface area contributed by atoms with Crippen LogP contribution in [0.4, 0.5) is 5.69 Å². The van der Waals surface area contributed by atoms with Crippen molar-refractivity contribution >= 4 is 22.6 Å². The first kappa shape index (κ1) is 18.4. The Kier molecular flexibility index (Phi) is 4.56. The molecule has 29 heavy (non-hydrogen) atoms. The van der Waals surface area contributed by atoms with Gasteiger partial charge in [0.05, 0.1) is 0 Å². The summed E-state index contributed by atoms with van der Waals surface area (Å²) in [5.41, 5.74) is 1.66. The lowest BCUT2D eigenvalue weighted by Gasteiger charge is -2.10. The van der Waals surface area contributed by atoms with Gasteiger partial charge in [0.25, 0.3) is 11.5 Å². The molecule has 2 aromatic carbocycles. The smallest absolute Gasteiger partial charge is 0.349 e. The van der Waals surface area contributed by atoms with Gasteiger partial charge in [-0.25, -0.2) is 9.78 Å². The van der Waals surface area contributed by atoms with Crippen molar-refractivity contribution in [3.63, 3.8) is 0 Å². The Hall–Kier alpha value is -4.00. The minimum atomic E-state index is -0.695. The quantitative estimate of drug-likeness (QED) is 0.524. The number of benzene rings is 2. The first-order chi connectivity index (χ1) is 13.9. The Bertz CT molecular complexity index is 1370. The van der Waals surface area contributed by atoms with Gasteiger partial charge >= 0.3 is 5.63 Å². The summed E-state index contributed by atoms with van der Waals surface area (Å²) in [7, 11) is 0. The van der Waals surface area contributed by atoms with Crippen molar-refractivity contribution in [3.8, 4) is 11.4 Å². The number of H-pyrrole nitrogens is 1. The van der Waals surface area contributed by atoms with Crippen molar-refractivity contribution in [1.82, 2.24) is 9.97 Å². The number of nitrogens with one attached hydrogen (secondary N) is 2. The van der Waals surface area contributed by atoms with Crippen LogP contribution in [-0.2, 0) is 0 Å². The van der Waals surface area contributed by atoms with Gasteiger partial charge in [0, 0.05) is 28.4 Å². The van der Waals surface area contributed by atoms with Gasteiger partial charge < -0.3 is 14.7 Å². The second-order valence-electron chi connectivity index (χ2n) is 6.66. The van der Waals surface area contributed by atoms with Gasteiger partial charge in [0.2, 0.25) is 0 Å². The summed E-state index contributed by atoms with van der Waals surface area (Å²) in [5, 5.41) is 3.43. The Morgan fingerprint density at radius 3 is 2.62 bits per heavy atom. The molecule has 2 heterocycles. The van der Waals surface area contributed by atoms with E-state index in [4.69, 9.17) is 4.42 Å². The van der Waals surface area contributed by atoms with E-state index in [0.717, 1.165) is 0 Å². The van der Waals surface area contributed by atoms with E-state index < -0.39 is 11.5 Å². The fourth-order valence-corrected chi connectivity index (χ4v) is 3.22. The summed E-state index contributed by atoms with van der Waals surface area (Å²) in [5.74, 6) is -0.169. The number of anilines is 1. The third-order valence-electron chi connectivity index (χ3n) is 4.56. The zero-order valence-electron chi connectivity index (χ0n) is 15.8. The van der Waals surface area contributed by atoms with Gasteiger partial charge in [-0.05, 0) is 37.6 Å². The van der Waals surface area contributed by atoms with Crippen molar-refractivity contribution in [2.45, 2.75) is 13.8 Å². The van der Waals surface area contributed by atoms with Crippen LogP contribution in [0.5, 0.6) is 0 Å². The lowest BCUT2D eigenvalue weighted by Crippen LogP contribution is -2.22. The lowest BCUT2D eigenvalue weighted by atomic mass is 10.1. The Morgan fingerprint density at radius 2 is 1.83 bits per heavy atom. The lowest BCUT2D eigenvalue weighted by molar-refractivity contribution is 0.102. The van der Waals surface area contributed by atoms with Crippen LogP contribution in [0.25, 0.3) is 22.4 Å². The molecule has 2 aromatic heterocycles. The summed E-state index contributed by atoms with van der Waals surface area (Å²) < 4.78 is 5.29. The van der Waals surface area contributed by atoms with E-state index in [9.17, 15) is 14.4 Å². The molecule has 0 saturated heterocycles. The van der Waals surface area contributed by atoms with Crippen LogP contribution in [0, 0.1) is 13.8 Å². The highest BCUT2D eigenvalue weighted by Gasteiger charge is 2.18. The van der Waals surface area contributed by atoms with Crippen molar-refractivity contribution in [1.29, 1.82) is 0 Å². The van der Waals surface area contributed by atoms with E-state index in [-0.39, 0.29) is 11.1 Å². The van der Waals surface area contributed by atoms with E-state index in [1.54, 1.807) is 56.3 Å². The summed E-state index contributed by atoms with van der Waals surface area (Å²) in [6.45, 7) is 3.44. The van der Waals surface area contributed by atoms with Crippen LogP contribution in [0.15, 0.2) is 68.6 Å². The normalized spacial score (nSPS) is 10.8. The van der Waals surface area contributed by atoms with Crippen LogP contribution in [0.3, 0.4) is 0 Å². The van der Waals surface area contributed by atoms with Crippen molar-refractivity contribution < 1.29 is 9.21 Å². The highest BCUT2D eigenvalue weighted by molar-refractivity contribution is 6.07. The number of nitrogens with zero attached hydrogens (tertiary/aromatic N) is 1. The van der Waals surface area contributed by atoms with Crippen molar-refractivity contribution in [3.05, 3.63) is 92.2 Å². The van der Waals surface area contributed by atoms with Crippen LogP contribution in [0.1, 0.15) is 21.6 Å². The second-order valence-corrected chi connectivity index (χ2v) is 6.66. The van der Waals surface area contributed by atoms with Crippen molar-refractivity contribution in [2.24, 2.45) is 0 Å². The molecule has 7 heteroatoms. The fourth-order valence-electron chi connectivity index (χ4n) is 3.22. The number of aromatic nitrogens is 2. The zero-order chi connectivity index (χ0) is 20.5. The molecule has 2 N–H and O–H groups in total. The Labute approximate surface area is 165 Å². The van der Waals surface area contributed by atoms with Gasteiger partial charge in [0.1, 0.15) is 17.0 Å². The average Bonchev–Trinajstić information content (AvgIpc) is 2.67. The van der Waals surface area contributed by atoms with Gasteiger partial charge in [-0.3, -0.25) is 9.59 Å². The molecule has 0 fully saturated rings. The maximum absolute atomic E-state index is 12.8. The van der Waals surface area contributed by atoms with Gasteiger partial charge in [-0.15, -0.1) is 0 Å². The molecule has 0 aliphatic rings. The molecule has 0 aliphatic carbocycles. The number of carbonyl (C=O) groups excluding carboxylic acids is 1. The predicted octanol–water partition coefficient (Wildman–Crippen LogP) is 3.41. The summed E-state index contributed by atoms with van der Waals surface area (Å²) in [4.78, 5) is 43.9. The highest BCUT2D eigenvalue weighted by Crippen LogP contribution is 2.22. The summed E-state index contributed by atoms with van der Waals surface area (Å²) >= 11 is 0. The number of aryl methyl sites for hydroxylation is 2. The highest BCUT2D eigenvalue weighted by atomic mass is 16.4. The molecule has 144 valence electrons. The van der Waals surface area contributed by atoms with Crippen LogP contribution >= 0.6 is 0 Å². The molecule has 0 unspecified atom stereocenters. The molecule has 0 bridgehead atoms. The number of aromatic amines is 1. The average molecular weight is 387 g/mol. The van der Waals surface area contributed by atoms with Gasteiger partial charge in [0.15, 0.2) is 0 Å². The SMILES string of the molecule is Cc1cc(=O)[nH]c(-c2cccc(NC(=O)c3c(C)c4ccccc4oc3=O)c2)n1. The van der Waals surface area contributed by atoms with Crippen molar-refractivity contribution in [2.75, 3.05) is 5.32 Å². The molecular weight excluding hydrogens is 370 g/mol. The largest absolute Gasteiger partial charge is 0.422 e. The Morgan fingerprint density at radius 1 is 1.03 bits per heavy atom. The monoisotopic (exact) mass is 387 g/mol. The summed E-state index contributed by atoms with van der Waals surface area (Å²) in [6, 6.07) is 15.3. The minimum Gasteiger partial charge on any atom is -0.422 e. The minimum absolute atomic E-state index is 0.0452. The zero-order valence-corrected chi connectivity index (χ0v) is 15.8. The van der Waals surface area contributed by atoms with Gasteiger partial charge in [-0.2, -0.15) is 0 Å². The molecule has 1 amide bonds. The molecule has 0 saturated carbocycles. The van der Waals surface area contributed by atoms with E-state index in [2.05, 4.69) is 15.3 Å². The second kappa shape index (κ2) is 7.20. The molecule has 0 aliphatic heterocycles. The number of hydrogen-bond donors (Lipinski definition) is 2. The van der Waals surface area contributed by atoms with E-state index >= 15 is 0 Å². The number of carbonyl (C=O) groups is 1. The number of para-hydroxylation sites is 1.